The molecule has 0 amide bonds. The molecule has 0 spiro atoms. The molecular weight excluding hydrogens is 505 g/mol. The minimum absolute atomic E-state index is 0.594. The van der Waals surface area contributed by atoms with Gasteiger partial charge < -0.3 is 10.0 Å². The van der Waals surface area contributed by atoms with E-state index in [4.69, 9.17) is 28.3 Å². The number of benzene rings is 3. The molecule has 0 radical (unpaired) electrons. The molecule has 0 atom stereocenters. The molecule has 186 valence electrons. The Hall–Kier alpha value is -3.45. The fourth-order valence-corrected chi connectivity index (χ4v) is 5.43. The molecule has 5 aromatic rings. The average Bonchev–Trinajstić information content (AvgIpc) is 3.30. The fourth-order valence-electron chi connectivity index (χ4n) is 5.09. The van der Waals surface area contributed by atoms with Gasteiger partial charge in [0, 0.05) is 30.1 Å². The van der Waals surface area contributed by atoms with Crippen LogP contribution in [-0.4, -0.2) is 43.8 Å². The topological polar surface area (TPSA) is 67.1 Å². The van der Waals surface area contributed by atoms with E-state index in [0.717, 1.165) is 33.4 Å². The number of hydrogen-bond donors (Lipinski definition) is 1. The van der Waals surface area contributed by atoms with Crippen LogP contribution in [-0.2, 0) is 6.42 Å². The summed E-state index contributed by atoms with van der Waals surface area (Å²) in [5.74, 6) is 0.709. The number of anilines is 1. The molecule has 3 heterocycles. The van der Waals surface area contributed by atoms with Gasteiger partial charge in [0.05, 0.1) is 33.6 Å². The maximum absolute atomic E-state index is 11.3. The van der Waals surface area contributed by atoms with Gasteiger partial charge in [-0.1, -0.05) is 77.8 Å². The summed E-state index contributed by atoms with van der Waals surface area (Å²) < 4.78 is 1.86. The number of hydrogen-bond acceptors (Lipinski definition) is 5. The zero-order valence-corrected chi connectivity index (χ0v) is 21.6. The van der Waals surface area contributed by atoms with Crippen molar-refractivity contribution in [3.63, 3.8) is 0 Å². The van der Waals surface area contributed by atoms with Crippen LogP contribution in [0.3, 0.4) is 0 Å². The molecule has 0 aliphatic carbocycles. The highest BCUT2D eigenvalue weighted by Gasteiger charge is 2.34. The third kappa shape index (κ3) is 4.68. The highest BCUT2D eigenvalue weighted by molar-refractivity contribution is 6.32. The van der Waals surface area contributed by atoms with Crippen LogP contribution in [0.4, 0.5) is 5.82 Å². The Labute approximate surface area is 225 Å². The molecule has 1 aliphatic heterocycles. The Morgan fingerprint density at radius 1 is 0.865 bits per heavy atom. The van der Waals surface area contributed by atoms with E-state index in [0.29, 0.717) is 48.2 Å². The van der Waals surface area contributed by atoms with E-state index in [9.17, 15) is 5.11 Å². The predicted octanol–water partition coefficient (Wildman–Crippen LogP) is 6.36. The molecule has 3 aromatic carbocycles. The third-order valence-corrected chi connectivity index (χ3v) is 7.61. The summed E-state index contributed by atoms with van der Waals surface area (Å²) in [7, 11) is 0. The van der Waals surface area contributed by atoms with E-state index in [2.05, 4.69) is 27.2 Å². The van der Waals surface area contributed by atoms with Crippen LogP contribution in [0.5, 0.6) is 0 Å². The van der Waals surface area contributed by atoms with Crippen molar-refractivity contribution in [2.45, 2.75) is 24.9 Å². The fraction of sp³-hybridized carbons (Fsp3) is 0.207. The molecule has 37 heavy (non-hydrogen) atoms. The van der Waals surface area contributed by atoms with Gasteiger partial charge in [-0.15, -0.1) is 5.10 Å². The molecule has 0 unspecified atom stereocenters. The highest BCUT2D eigenvalue weighted by atomic mass is 35.5. The second kappa shape index (κ2) is 9.78. The monoisotopic (exact) mass is 529 g/mol. The van der Waals surface area contributed by atoms with E-state index in [1.165, 1.54) is 0 Å². The lowest BCUT2D eigenvalue weighted by Crippen LogP contribution is -2.46. The third-order valence-electron chi connectivity index (χ3n) is 7.04. The lowest BCUT2D eigenvalue weighted by molar-refractivity contribution is 0.0164. The van der Waals surface area contributed by atoms with Gasteiger partial charge in [-0.25, -0.2) is 4.68 Å². The van der Waals surface area contributed by atoms with Crippen LogP contribution in [0.25, 0.3) is 27.8 Å². The molecule has 0 saturated carbocycles. The van der Waals surface area contributed by atoms with Gasteiger partial charge in [-0.3, -0.25) is 0 Å². The Bertz CT molecular complexity index is 1540. The van der Waals surface area contributed by atoms with Gasteiger partial charge in [0.25, 0.3) is 0 Å². The summed E-state index contributed by atoms with van der Waals surface area (Å²) in [5, 5.41) is 27.3. The molecule has 1 aliphatic rings. The summed E-state index contributed by atoms with van der Waals surface area (Å²) in [4.78, 5) is 2.17. The van der Waals surface area contributed by atoms with Gasteiger partial charge in [0.1, 0.15) is 5.52 Å². The first-order chi connectivity index (χ1) is 18.0. The largest absolute Gasteiger partial charge is 0.389 e. The van der Waals surface area contributed by atoms with Crippen molar-refractivity contribution in [3.05, 3.63) is 101 Å². The molecular formula is C29H25Cl2N5O. The first kappa shape index (κ1) is 23.9. The number of fused-ring (bicyclic) bond motifs is 1. The van der Waals surface area contributed by atoms with Crippen LogP contribution in [0.1, 0.15) is 18.4 Å². The number of aliphatic hydroxyl groups is 1. The van der Waals surface area contributed by atoms with Gasteiger partial charge in [-0.2, -0.15) is 10.2 Å². The number of piperidine rings is 1. The summed E-state index contributed by atoms with van der Waals surface area (Å²) in [6.07, 6.45) is 3.66. The first-order valence-corrected chi connectivity index (χ1v) is 13.0. The Balaban J connectivity index is 1.39. The van der Waals surface area contributed by atoms with E-state index in [1.807, 2.05) is 71.4 Å². The predicted molar refractivity (Wildman–Crippen MR) is 149 cm³/mol. The standard InChI is InChI=1S/C29H25Cl2N5O/c30-22-12-10-21(11-13-22)27-23-19-32-33-28(26(23)34-36(27)25-9-5-4-8-24(25)31)35-16-14-29(37,15-17-35)18-20-6-2-1-3-7-20/h1-13,19,37H,14-18H2. The van der Waals surface area contributed by atoms with Crippen LogP contribution in [0, 0.1) is 0 Å². The van der Waals surface area contributed by atoms with Gasteiger partial charge in [-0.05, 0) is 42.7 Å². The molecule has 1 saturated heterocycles. The van der Waals surface area contributed by atoms with Crippen molar-refractivity contribution in [1.29, 1.82) is 0 Å². The Morgan fingerprint density at radius 3 is 2.30 bits per heavy atom. The second-order valence-electron chi connectivity index (χ2n) is 9.52. The van der Waals surface area contributed by atoms with Gasteiger partial charge >= 0.3 is 0 Å². The second-order valence-corrected chi connectivity index (χ2v) is 10.4. The quantitative estimate of drug-likeness (QED) is 0.286. The van der Waals surface area contributed by atoms with Gasteiger partial charge in [0.2, 0.25) is 0 Å². The lowest BCUT2D eigenvalue weighted by Gasteiger charge is -2.38. The highest BCUT2D eigenvalue weighted by Crippen LogP contribution is 2.37. The van der Waals surface area contributed by atoms with Crippen LogP contribution in [0.15, 0.2) is 85.1 Å². The molecule has 1 N–H and O–H groups in total. The van der Waals surface area contributed by atoms with Crippen molar-refractivity contribution < 1.29 is 5.11 Å². The maximum Gasteiger partial charge on any atom is 0.179 e. The van der Waals surface area contributed by atoms with E-state index in [-0.39, 0.29) is 0 Å². The van der Waals surface area contributed by atoms with Crippen molar-refractivity contribution in [1.82, 2.24) is 20.0 Å². The number of aromatic nitrogens is 4. The SMILES string of the molecule is OC1(Cc2ccccc2)CCN(c2nncc3c(-c4ccc(Cl)cc4)n(-c4ccccc4Cl)nc23)CC1. The van der Waals surface area contributed by atoms with Crippen molar-refractivity contribution in [2.24, 2.45) is 0 Å². The molecule has 6 rings (SSSR count). The minimum Gasteiger partial charge on any atom is -0.389 e. The van der Waals surface area contributed by atoms with Crippen LogP contribution < -0.4 is 4.90 Å². The Kier molecular flexibility index (Phi) is 6.32. The number of rotatable bonds is 5. The molecule has 1 fully saturated rings. The number of para-hydroxylation sites is 1. The zero-order chi connectivity index (χ0) is 25.4. The smallest absolute Gasteiger partial charge is 0.179 e. The van der Waals surface area contributed by atoms with Crippen molar-refractivity contribution in [3.8, 4) is 16.9 Å². The summed E-state index contributed by atoms with van der Waals surface area (Å²) in [6, 6.07) is 25.4. The molecule has 6 nitrogen and oxygen atoms in total. The van der Waals surface area contributed by atoms with Crippen molar-refractivity contribution >= 4 is 39.9 Å². The van der Waals surface area contributed by atoms with E-state index in [1.54, 1.807) is 6.20 Å². The molecule has 2 aromatic heterocycles. The van der Waals surface area contributed by atoms with Gasteiger partial charge in [0.15, 0.2) is 5.82 Å². The average molecular weight is 530 g/mol. The summed E-state index contributed by atoms with van der Waals surface area (Å²) in [5.41, 5.74) is 3.73. The van der Waals surface area contributed by atoms with E-state index < -0.39 is 5.60 Å². The van der Waals surface area contributed by atoms with Crippen molar-refractivity contribution in [2.75, 3.05) is 18.0 Å². The molecule has 0 bridgehead atoms. The first-order valence-electron chi connectivity index (χ1n) is 12.3. The Morgan fingerprint density at radius 2 is 1.57 bits per heavy atom. The maximum atomic E-state index is 11.3. The molecule has 8 heteroatoms. The zero-order valence-electron chi connectivity index (χ0n) is 20.1. The summed E-state index contributed by atoms with van der Waals surface area (Å²) >= 11 is 12.8. The van der Waals surface area contributed by atoms with E-state index >= 15 is 0 Å². The minimum atomic E-state index is -0.745. The summed E-state index contributed by atoms with van der Waals surface area (Å²) in [6.45, 7) is 1.32. The normalized spacial score (nSPS) is 15.3. The lowest BCUT2D eigenvalue weighted by atomic mass is 9.85. The van der Waals surface area contributed by atoms with Crippen LogP contribution in [0.2, 0.25) is 10.0 Å². The van der Waals surface area contributed by atoms with Crippen LogP contribution >= 0.6 is 23.2 Å². The number of nitrogens with zero attached hydrogens (tertiary/aromatic N) is 5. The number of halogens is 2.